The number of halogens is 1. The zero-order valence-corrected chi connectivity index (χ0v) is 16.4. The minimum absolute atomic E-state index is 0.263. The molecule has 0 atom stereocenters. The van der Waals surface area contributed by atoms with Crippen molar-refractivity contribution in [3.05, 3.63) is 47.2 Å². The van der Waals surface area contributed by atoms with E-state index in [4.69, 9.17) is 10.5 Å². The van der Waals surface area contributed by atoms with Crippen molar-refractivity contribution in [2.75, 3.05) is 5.73 Å². The van der Waals surface area contributed by atoms with E-state index in [0.717, 1.165) is 42.5 Å². The van der Waals surface area contributed by atoms with Crippen molar-refractivity contribution in [2.45, 2.75) is 45.4 Å². The number of aromatic nitrogens is 4. The summed E-state index contributed by atoms with van der Waals surface area (Å²) in [6, 6.07) is 3.70. The number of hydrogen-bond acceptors (Lipinski definition) is 5. The summed E-state index contributed by atoms with van der Waals surface area (Å²) in [5.41, 5.74) is 9.17. The van der Waals surface area contributed by atoms with Crippen molar-refractivity contribution in [3.8, 4) is 22.9 Å². The molecule has 4 rings (SSSR count). The Hall–Kier alpha value is -2.96. The van der Waals surface area contributed by atoms with Crippen molar-refractivity contribution in [1.29, 1.82) is 0 Å². The minimum atomic E-state index is -0.427. The second-order valence-corrected chi connectivity index (χ2v) is 7.25. The highest BCUT2D eigenvalue weighted by Gasteiger charge is 2.28. The van der Waals surface area contributed by atoms with E-state index in [0.29, 0.717) is 28.9 Å². The Bertz CT molecular complexity index is 1010. The fourth-order valence-electron chi connectivity index (χ4n) is 3.70. The molecule has 0 spiro atoms. The lowest BCUT2D eigenvalue weighted by Crippen LogP contribution is -2.12. The zero-order valence-electron chi connectivity index (χ0n) is 16.4. The first-order valence-electron chi connectivity index (χ1n) is 9.60. The molecule has 146 valence electrons. The molecule has 7 heteroatoms. The molecule has 1 saturated carbocycles. The second-order valence-electron chi connectivity index (χ2n) is 7.25. The first-order chi connectivity index (χ1) is 13.5. The van der Waals surface area contributed by atoms with Crippen molar-refractivity contribution >= 4 is 5.82 Å². The van der Waals surface area contributed by atoms with Crippen molar-refractivity contribution in [3.63, 3.8) is 0 Å². The maximum atomic E-state index is 15.6. The van der Waals surface area contributed by atoms with Gasteiger partial charge in [0.1, 0.15) is 5.82 Å². The highest BCUT2D eigenvalue weighted by atomic mass is 19.1. The van der Waals surface area contributed by atoms with Crippen LogP contribution in [0.4, 0.5) is 10.2 Å². The van der Waals surface area contributed by atoms with Crippen LogP contribution in [0.2, 0.25) is 0 Å². The van der Waals surface area contributed by atoms with Crippen LogP contribution in [0.15, 0.2) is 24.5 Å². The fourth-order valence-corrected chi connectivity index (χ4v) is 3.70. The normalized spacial score (nSPS) is 14.1. The number of nitrogens with two attached hydrogens (primary N) is 1. The van der Waals surface area contributed by atoms with E-state index >= 15 is 4.39 Å². The maximum absolute atomic E-state index is 15.6. The van der Waals surface area contributed by atoms with Gasteiger partial charge in [-0.2, -0.15) is 5.10 Å². The van der Waals surface area contributed by atoms with Gasteiger partial charge in [0, 0.05) is 23.7 Å². The zero-order chi connectivity index (χ0) is 19.8. The van der Waals surface area contributed by atoms with Gasteiger partial charge in [0.05, 0.1) is 23.8 Å². The molecule has 2 heterocycles. The number of anilines is 1. The van der Waals surface area contributed by atoms with E-state index in [1.807, 2.05) is 27.0 Å². The van der Waals surface area contributed by atoms with Crippen molar-refractivity contribution < 1.29 is 9.13 Å². The highest BCUT2D eigenvalue weighted by molar-refractivity contribution is 5.64. The Kier molecular flexibility index (Phi) is 4.75. The summed E-state index contributed by atoms with van der Waals surface area (Å²) < 4.78 is 23.5. The molecule has 6 nitrogen and oxygen atoms in total. The average Bonchev–Trinajstić information content (AvgIpc) is 2.90. The monoisotopic (exact) mass is 381 g/mol. The fraction of sp³-hybridized carbons (Fsp3) is 0.381. The smallest absolute Gasteiger partial charge is 0.221 e. The first-order valence-corrected chi connectivity index (χ1v) is 9.60. The number of aryl methyl sites for hydroxylation is 2. The Balaban J connectivity index is 1.84. The van der Waals surface area contributed by atoms with Crippen molar-refractivity contribution in [1.82, 2.24) is 19.7 Å². The van der Waals surface area contributed by atoms with Crippen LogP contribution in [-0.2, 0) is 13.5 Å². The number of nitrogen functional groups attached to an aromatic ring is 1. The van der Waals surface area contributed by atoms with Gasteiger partial charge in [0.15, 0.2) is 11.6 Å². The Morgan fingerprint density at radius 1 is 1.25 bits per heavy atom. The standard InChI is InChI=1S/C21H24FN5O/c1-4-14-12(2)26-27(3)21(14)28-20-15(13-6-5-7-13)8-9-16(19(20)22)17-10-25-18(23)11-24-17/h8-11,13H,4-7H2,1-3H3,(H2,23,25). The number of benzene rings is 1. The molecule has 3 aromatic rings. The summed E-state index contributed by atoms with van der Waals surface area (Å²) in [6.07, 6.45) is 6.91. The molecule has 2 aromatic heterocycles. The third kappa shape index (κ3) is 3.10. The molecule has 1 aliphatic carbocycles. The molecular formula is C21H24FN5O. The van der Waals surface area contributed by atoms with E-state index in [1.165, 1.54) is 12.4 Å². The summed E-state index contributed by atoms with van der Waals surface area (Å²) in [7, 11) is 1.82. The average molecular weight is 381 g/mol. The van der Waals surface area contributed by atoms with E-state index in [9.17, 15) is 0 Å². The molecule has 1 aliphatic rings. The minimum Gasteiger partial charge on any atom is -0.436 e. The number of rotatable bonds is 5. The van der Waals surface area contributed by atoms with Gasteiger partial charge in [0.2, 0.25) is 5.88 Å². The number of ether oxygens (including phenoxy) is 1. The molecule has 0 saturated heterocycles. The van der Waals surface area contributed by atoms with Gasteiger partial charge in [-0.25, -0.2) is 14.1 Å². The lowest BCUT2D eigenvalue weighted by atomic mass is 9.79. The summed E-state index contributed by atoms with van der Waals surface area (Å²) in [5, 5.41) is 4.44. The van der Waals surface area contributed by atoms with Crippen LogP contribution in [0.1, 0.15) is 48.9 Å². The number of nitrogens with zero attached hydrogens (tertiary/aromatic N) is 4. The third-order valence-corrected chi connectivity index (χ3v) is 5.46. The molecule has 0 aliphatic heterocycles. The molecule has 2 N–H and O–H groups in total. The Labute approximate surface area is 163 Å². The second kappa shape index (κ2) is 7.22. The largest absolute Gasteiger partial charge is 0.436 e. The first kappa shape index (κ1) is 18.4. The van der Waals surface area contributed by atoms with Gasteiger partial charge in [-0.05, 0) is 38.2 Å². The summed E-state index contributed by atoms with van der Waals surface area (Å²) in [4.78, 5) is 8.25. The Morgan fingerprint density at radius 3 is 2.64 bits per heavy atom. The predicted molar refractivity (Wildman–Crippen MR) is 106 cm³/mol. The molecule has 28 heavy (non-hydrogen) atoms. The van der Waals surface area contributed by atoms with Gasteiger partial charge in [-0.15, -0.1) is 0 Å². The number of hydrogen-bond donors (Lipinski definition) is 1. The molecule has 0 unspecified atom stereocenters. The van der Waals surface area contributed by atoms with Crippen LogP contribution in [0, 0.1) is 12.7 Å². The highest BCUT2D eigenvalue weighted by Crippen LogP contribution is 2.45. The van der Waals surface area contributed by atoms with Crippen LogP contribution in [0.5, 0.6) is 11.6 Å². The van der Waals surface area contributed by atoms with Crippen LogP contribution in [0.3, 0.4) is 0 Å². The molecule has 1 fully saturated rings. The van der Waals surface area contributed by atoms with Crippen LogP contribution < -0.4 is 10.5 Å². The van der Waals surface area contributed by atoms with Crippen molar-refractivity contribution in [2.24, 2.45) is 7.05 Å². The third-order valence-electron chi connectivity index (χ3n) is 5.46. The van der Waals surface area contributed by atoms with Crippen LogP contribution in [-0.4, -0.2) is 19.7 Å². The lowest BCUT2D eigenvalue weighted by Gasteiger charge is -2.28. The van der Waals surface area contributed by atoms with Crippen LogP contribution in [0.25, 0.3) is 11.3 Å². The molecule has 0 amide bonds. The summed E-state index contributed by atoms with van der Waals surface area (Å²) in [6.45, 7) is 3.98. The van der Waals surface area contributed by atoms with Gasteiger partial charge < -0.3 is 10.5 Å². The summed E-state index contributed by atoms with van der Waals surface area (Å²) >= 11 is 0. The van der Waals surface area contributed by atoms with Crippen LogP contribution >= 0.6 is 0 Å². The van der Waals surface area contributed by atoms with E-state index in [-0.39, 0.29) is 5.75 Å². The lowest BCUT2D eigenvalue weighted by molar-refractivity contribution is 0.366. The van der Waals surface area contributed by atoms with Gasteiger partial charge >= 0.3 is 0 Å². The maximum Gasteiger partial charge on any atom is 0.221 e. The van der Waals surface area contributed by atoms with E-state index < -0.39 is 5.82 Å². The molecule has 0 radical (unpaired) electrons. The summed E-state index contributed by atoms with van der Waals surface area (Å²) in [5.74, 6) is 1.03. The Morgan fingerprint density at radius 2 is 2.04 bits per heavy atom. The van der Waals surface area contributed by atoms with Gasteiger partial charge in [-0.1, -0.05) is 19.4 Å². The van der Waals surface area contributed by atoms with E-state index in [1.54, 1.807) is 10.7 Å². The molecule has 0 bridgehead atoms. The van der Waals surface area contributed by atoms with E-state index in [2.05, 4.69) is 15.1 Å². The van der Waals surface area contributed by atoms with Gasteiger partial charge in [-0.3, -0.25) is 4.98 Å². The molecule has 1 aromatic carbocycles. The predicted octanol–water partition coefficient (Wildman–Crippen LogP) is 4.53. The SMILES string of the molecule is CCc1c(C)nn(C)c1Oc1c(C2CCC2)ccc(-c2cnc(N)cn2)c1F. The van der Waals surface area contributed by atoms with Gasteiger partial charge in [0.25, 0.3) is 0 Å². The quantitative estimate of drug-likeness (QED) is 0.702. The topological polar surface area (TPSA) is 78.8 Å². The molecular weight excluding hydrogens is 357 g/mol.